The van der Waals surface area contributed by atoms with E-state index in [1.165, 1.54) is 34.2 Å². The summed E-state index contributed by atoms with van der Waals surface area (Å²) in [6.07, 6.45) is 3.04. The van der Waals surface area contributed by atoms with Crippen LogP contribution in [0.2, 0.25) is 0 Å². The van der Waals surface area contributed by atoms with Crippen molar-refractivity contribution in [3.05, 3.63) is 58.0 Å². The number of anilines is 1. The topological polar surface area (TPSA) is 67.8 Å². The third-order valence-electron chi connectivity index (χ3n) is 3.67. The van der Waals surface area contributed by atoms with E-state index in [-0.39, 0.29) is 11.6 Å². The number of nitrogens with zero attached hydrogens (tertiary/aromatic N) is 3. The van der Waals surface area contributed by atoms with Crippen LogP contribution in [0.5, 0.6) is 0 Å². The van der Waals surface area contributed by atoms with Crippen LogP contribution in [0.4, 0.5) is 5.13 Å². The molecule has 24 heavy (non-hydrogen) atoms. The molecule has 0 aliphatic heterocycles. The Morgan fingerprint density at radius 3 is 2.38 bits per heavy atom. The number of benzene rings is 1. The summed E-state index contributed by atoms with van der Waals surface area (Å²) < 4.78 is 0. The van der Waals surface area contributed by atoms with Crippen molar-refractivity contribution in [2.75, 3.05) is 5.32 Å². The molecule has 0 aliphatic carbocycles. The van der Waals surface area contributed by atoms with Gasteiger partial charge in [0.05, 0.1) is 17.6 Å². The normalized spacial score (nSPS) is 10.7. The molecule has 0 bridgehead atoms. The average molecular weight is 338 g/mol. The third kappa shape index (κ3) is 3.33. The summed E-state index contributed by atoms with van der Waals surface area (Å²) in [5.41, 5.74) is 6.64. The molecule has 1 aromatic carbocycles. The van der Waals surface area contributed by atoms with Crippen molar-refractivity contribution in [2.45, 2.75) is 27.7 Å². The van der Waals surface area contributed by atoms with Crippen LogP contribution >= 0.6 is 11.3 Å². The fourth-order valence-electron chi connectivity index (χ4n) is 2.70. The Morgan fingerprint density at radius 2 is 1.75 bits per heavy atom. The number of rotatable bonds is 3. The SMILES string of the molecule is Cc1cc(C)c(-c2csc(NC(=O)c3cnc(C)cn3)n2)c(C)c1. The molecule has 0 fully saturated rings. The zero-order valence-electron chi connectivity index (χ0n) is 14.0. The predicted octanol–water partition coefficient (Wildman–Crippen LogP) is 4.09. The maximum Gasteiger partial charge on any atom is 0.277 e. The Balaban J connectivity index is 1.84. The molecular weight excluding hydrogens is 320 g/mol. The maximum absolute atomic E-state index is 12.2. The molecule has 0 saturated heterocycles. The Bertz CT molecular complexity index is 877. The number of hydrogen-bond donors (Lipinski definition) is 1. The van der Waals surface area contributed by atoms with Gasteiger partial charge in [-0.2, -0.15) is 0 Å². The first-order valence-electron chi connectivity index (χ1n) is 7.58. The standard InChI is InChI=1S/C18H18N4OS/c1-10-5-11(2)16(12(3)6-10)15-9-24-18(21-15)22-17(23)14-8-19-13(4)7-20-14/h5-9H,1-4H3,(H,21,22,23). The zero-order valence-corrected chi connectivity index (χ0v) is 14.9. The molecule has 0 radical (unpaired) electrons. The molecule has 0 atom stereocenters. The molecule has 6 heteroatoms. The number of carbonyl (C=O) groups excluding carboxylic acids is 1. The summed E-state index contributed by atoms with van der Waals surface area (Å²) in [6.45, 7) is 8.07. The number of thiazole rings is 1. The molecule has 1 amide bonds. The lowest BCUT2D eigenvalue weighted by molar-refractivity contribution is 0.102. The lowest BCUT2D eigenvalue weighted by Crippen LogP contribution is -2.14. The highest BCUT2D eigenvalue weighted by Crippen LogP contribution is 2.31. The minimum absolute atomic E-state index is 0.278. The van der Waals surface area contributed by atoms with E-state index in [9.17, 15) is 4.79 Å². The lowest BCUT2D eigenvalue weighted by atomic mass is 9.98. The van der Waals surface area contributed by atoms with Crippen LogP contribution in [0, 0.1) is 27.7 Å². The van der Waals surface area contributed by atoms with Crippen LogP contribution in [0.1, 0.15) is 32.9 Å². The molecule has 3 rings (SSSR count). The summed E-state index contributed by atoms with van der Waals surface area (Å²) in [4.78, 5) is 24.9. The molecule has 0 saturated carbocycles. The number of hydrogen-bond acceptors (Lipinski definition) is 5. The molecule has 2 aromatic heterocycles. The summed E-state index contributed by atoms with van der Waals surface area (Å²) in [5, 5.41) is 5.30. The summed E-state index contributed by atoms with van der Waals surface area (Å²) in [7, 11) is 0. The molecular formula is C18H18N4OS. The van der Waals surface area contributed by atoms with E-state index in [0.29, 0.717) is 5.13 Å². The molecule has 5 nitrogen and oxygen atoms in total. The number of nitrogens with one attached hydrogen (secondary N) is 1. The first-order valence-corrected chi connectivity index (χ1v) is 8.46. The zero-order chi connectivity index (χ0) is 17.3. The van der Waals surface area contributed by atoms with E-state index in [1.807, 2.05) is 12.3 Å². The van der Waals surface area contributed by atoms with Gasteiger partial charge in [0.15, 0.2) is 5.13 Å². The molecule has 1 N–H and O–H groups in total. The fraction of sp³-hybridized carbons (Fsp3) is 0.222. The van der Waals surface area contributed by atoms with Gasteiger partial charge in [-0.15, -0.1) is 11.3 Å². The highest BCUT2D eigenvalue weighted by atomic mass is 32.1. The summed E-state index contributed by atoms with van der Waals surface area (Å²) >= 11 is 1.40. The van der Waals surface area contributed by atoms with Crippen molar-refractivity contribution in [1.82, 2.24) is 15.0 Å². The van der Waals surface area contributed by atoms with Gasteiger partial charge in [0.1, 0.15) is 5.69 Å². The average Bonchev–Trinajstić information content (AvgIpc) is 2.95. The minimum atomic E-state index is -0.305. The predicted molar refractivity (Wildman–Crippen MR) is 96.5 cm³/mol. The van der Waals surface area contributed by atoms with Crippen molar-refractivity contribution in [3.8, 4) is 11.3 Å². The van der Waals surface area contributed by atoms with Crippen LogP contribution in [0.25, 0.3) is 11.3 Å². The number of aromatic nitrogens is 3. The highest BCUT2D eigenvalue weighted by molar-refractivity contribution is 7.14. The second-order valence-electron chi connectivity index (χ2n) is 5.81. The first kappa shape index (κ1) is 16.3. The monoisotopic (exact) mass is 338 g/mol. The fourth-order valence-corrected chi connectivity index (χ4v) is 3.40. The first-order chi connectivity index (χ1) is 11.4. The molecule has 0 unspecified atom stereocenters. The van der Waals surface area contributed by atoms with Crippen molar-refractivity contribution in [2.24, 2.45) is 0 Å². The quantitative estimate of drug-likeness (QED) is 0.781. The highest BCUT2D eigenvalue weighted by Gasteiger charge is 2.14. The largest absolute Gasteiger partial charge is 0.296 e. The van der Waals surface area contributed by atoms with E-state index < -0.39 is 0 Å². The van der Waals surface area contributed by atoms with Gasteiger partial charge in [0.25, 0.3) is 5.91 Å². The number of carbonyl (C=O) groups is 1. The smallest absolute Gasteiger partial charge is 0.277 e. The molecule has 0 aliphatic rings. The molecule has 3 aromatic rings. The van der Waals surface area contributed by atoms with E-state index in [1.54, 1.807) is 6.20 Å². The third-order valence-corrected chi connectivity index (χ3v) is 4.43. The van der Waals surface area contributed by atoms with Crippen LogP contribution in [-0.2, 0) is 0 Å². The Kier molecular flexibility index (Phi) is 4.40. The summed E-state index contributed by atoms with van der Waals surface area (Å²) in [5.74, 6) is -0.305. The van der Waals surface area contributed by atoms with E-state index >= 15 is 0 Å². The second-order valence-corrected chi connectivity index (χ2v) is 6.67. The Labute approximate surface area is 144 Å². The Hall–Kier alpha value is -2.60. The van der Waals surface area contributed by atoms with Gasteiger partial charge >= 0.3 is 0 Å². The van der Waals surface area contributed by atoms with Crippen LogP contribution < -0.4 is 5.32 Å². The second kappa shape index (κ2) is 6.49. The van der Waals surface area contributed by atoms with Crippen molar-refractivity contribution < 1.29 is 4.79 Å². The van der Waals surface area contributed by atoms with Gasteiger partial charge in [-0.05, 0) is 38.8 Å². The van der Waals surface area contributed by atoms with Gasteiger partial charge in [0, 0.05) is 17.1 Å². The van der Waals surface area contributed by atoms with Crippen LogP contribution in [-0.4, -0.2) is 20.9 Å². The molecule has 0 spiro atoms. The molecule has 2 heterocycles. The van der Waals surface area contributed by atoms with E-state index in [4.69, 9.17) is 0 Å². The Morgan fingerprint density at radius 1 is 1.04 bits per heavy atom. The summed E-state index contributed by atoms with van der Waals surface area (Å²) in [6, 6.07) is 4.28. The van der Waals surface area contributed by atoms with Gasteiger partial charge in [0.2, 0.25) is 0 Å². The lowest BCUT2D eigenvalue weighted by Gasteiger charge is -2.08. The van der Waals surface area contributed by atoms with Gasteiger partial charge < -0.3 is 0 Å². The van der Waals surface area contributed by atoms with E-state index in [2.05, 4.69) is 53.2 Å². The number of aryl methyl sites for hydroxylation is 4. The molecule has 122 valence electrons. The van der Waals surface area contributed by atoms with Crippen LogP contribution in [0.3, 0.4) is 0 Å². The maximum atomic E-state index is 12.2. The van der Waals surface area contributed by atoms with Crippen molar-refractivity contribution in [1.29, 1.82) is 0 Å². The number of amides is 1. The van der Waals surface area contributed by atoms with Crippen molar-refractivity contribution in [3.63, 3.8) is 0 Å². The van der Waals surface area contributed by atoms with E-state index in [0.717, 1.165) is 17.0 Å². The van der Waals surface area contributed by atoms with Gasteiger partial charge in [-0.1, -0.05) is 17.7 Å². The van der Waals surface area contributed by atoms with Gasteiger partial charge in [-0.3, -0.25) is 15.1 Å². The van der Waals surface area contributed by atoms with Crippen molar-refractivity contribution >= 4 is 22.4 Å². The van der Waals surface area contributed by atoms with Gasteiger partial charge in [-0.25, -0.2) is 9.97 Å². The van der Waals surface area contributed by atoms with Crippen LogP contribution in [0.15, 0.2) is 29.9 Å². The minimum Gasteiger partial charge on any atom is -0.296 e.